The van der Waals surface area contributed by atoms with Gasteiger partial charge >= 0.3 is 0 Å². The second-order valence-electron chi connectivity index (χ2n) is 6.95. The van der Waals surface area contributed by atoms with E-state index in [0.29, 0.717) is 17.8 Å². The predicted octanol–water partition coefficient (Wildman–Crippen LogP) is 2.31. The lowest BCUT2D eigenvalue weighted by atomic mass is 10.00. The van der Waals surface area contributed by atoms with Gasteiger partial charge in [0.15, 0.2) is 5.65 Å². The highest BCUT2D eigenvalue weighted by molar-refractivity contribution is 6.08. The van der Waals surface area contributed by atoms with E-state index in [1.165, 1.54) is 23.0 Å². The van der Waals surface area contributed by atoms with E-state index in [9.17, 15) is 18.7 Å². The number of ether oxygens (including phenoxy) is 2. The third-order valence-electron chi connectivity index (χ3n) is 4.55. The molecule has 1 amide bonds. The second kappa shape index (κ2) is 7.28. The Morgan fingerprint density at radius 2 is 2.31 bits per heavy atom. The summed E-state index contributed by atoms with van der Waals surface area (Å²) in [5.41, 5.74) is 0.701. The van der Waals surface area contributed by atoms with E-state index in [0.717, 1.165) is 5.56 Å². The molecule has 3 aromatic rings. The molecular weight excluding hydrogens is 386 g/mol. The summed E-state index contributed by atoms with van der Waals surface area (Å²) in [6.07, 6.45) is 2.28. The Hall–Kier alpha value is -3.27. The molecule has 0 aliphatic carbocycles. The third-order valence-corrected chi connectivity index (χ3v) is 4.55. The molecule has 152 valence electrons. The Labute approximate surface area is 164 Å². The fourth-order valence-corrected chi connectivity index (χ4v) is 3.18. The van der Waals surface area contributed by atoms with Crippen molar-refractivity contribution in [1.82, 2.24) is 14.6 Å². The highest BCUT2D eigenvalue weighted by atomic mass is 19.3. The normalized spacial score (nSPS) is 18.0. The highest BCUT2D eigenvalue weighted by Crippen LogP contribution is 2.41. The minimum absolute atomic E-state index is 0.0454. The Kier molecular flexibility index (Phi) is 4.79. The molecule has 0 saturated carbocycles. The largest absolute Gasteiger partial charge is 0.485 e. The number of carbonyl (C=O) groups is 1. The standard InChI is InChI=1S/C19H18F2N4O4/c1-19(10-26)7-11-5-13(15(6-14(11)29-19)28-9-16(20)21)24-18(27)12-8-23-25-4-2-3-22-17(12)25/h2-6,8,16,26H,7,9-10H2,1H3,(H,24,27)/t19-/m1/s1. The molecule has 0 fully saturated rings. The highest BCUT2D eigenvalue weighted by Gasteiger charge is 2.35. The average Bonchev–Trinajstić information content (AvgIpc) is 3.26. The zero-order valence-corrected chi connectivity index (χ0v) is 15.4. The lowest BCUT2D eigenvalue weighted by Gasteiger charge is -2.20. The van der Waals surface area contributed by atoms with Crippen LogP contribution in [0.3, 0.4) is 0 Å². The minimum Gasteiger partial charge on any atom is -0.485 e. The number of carbonyl (C=O) groups excluding carboxylic acids is 1. The topological polar surface area (TPSA) is 98.0 Å². The lowest BCUT2D eigenvalue weighted by molar-refractivity contribution is 0.0442. The Bertz CT molecular complexity index is 1070. The number of amides is 1. The molecule has 2 N–H and O–H groups in total. The van der Waals surface area contributed by atoms with Gasteiger partial charge in [-0.15, -0.1) is 0 Å². The molecule has 8 nitrogen and oxygen atoms in total. The van der Waals surface area contributed by atoms with Crippen LogP contribution >= 0.6 is 0 Å². The predicted molar refractivity (Wildman–Crippen MR) is 98.7 cm³/mol. The van der Waals surface area contributed by atoms with Crippen LogP contribution in [0.2, 0.25) is 0 Å². The first kappa shape index (κ1) is 19.1. The van der Waals surface area contributed by atoms with Crippen molar-refractivity contribution < 1.29 is 28.2 Å². The molecule has 10 heteroatoms. The van der Waals surface area contributed by atoms with Gasteiger partial charge in [0, 0.05) is 30.4 Å². The number of rotatable bonds is 6. The molecule has 1 aliphatic rings. The number of benzene rings is 1. The maximum absolute atomic E-state index is 12.8. The minimum atomic E-state index is -2.68. The summed E-state index contributed by atoms with van der Waals surface area (Å²) in [5, 5.41) is 16.3. The van der Waals surface area contributed by atoms with Crippen LogP contribution in [0.1, 0.15) is 22.8 Å². The van der Waals surface area contributed by atoms with Crippen LogP contribution in [0.5, 0.6) is 11.5 Å². The first-order chi connectivity index (χ1) is 13.9. The number of hydrogen-bond donors (Lipinski definition) is 2. The van der Waals surface area contributed by atoms with Gasteiger partial charge in [-0.05, 0) is 19.1 Å². The van der Waals surface area contributed by atoms with Crippen molar-refractivity contribution in [3.8, 4) is 11.5 Å². The zero-order valence-electron chi connectivity index (χ0n) is 15.4. The van der Waals surface area contributed by atoms with Gasteiger partial charge in [-0.1, -0.05) is 0 Å². The zero-order chi connectivity index (χ0) is 20.6. The number of halogens is 2. The van der Waals surface area contributed by atoms with E-state index in [2.05, 4.69) is 15.4 Å². The van der Waals surface area contributed by atoms with Crippen molar-refractivity contribution in [2.45, 2.75) is 25.4 Å². The Balaban J connectivity index is 1.66. The summed E-state index contributed by atoms with van der Waals surface area (Å²) in [6, 6.07) is 4.73. The van der Waals surface area contributed by atoms with E-state index in [4.69, 9.17) is 9.47 Å². The number of fused-ring (bicyclic) bond motifs is 2. The fourth-order valence-electron chi connectivity index (χ4n) is 3.18. The van der Waals surface area contributed by atoms with Crippen molar-refractivity contribution >= 4 is 17.2 Å². The van der Waals surface area contributed by atoms with Crippen molar-refractivity contribution in [2.75, 3.05) is 18.5 Å². The monoisotopic (exact) mass is 404 g/mol. The molecule has 2 aromatic heterocycles. The van der Waals surface area contributed by atoms with Crippen LogP contribution < -0.4 is 14.8 Å². The number of aliphatic hydroxyl groups is 1. The average molecular weight is 404 g/mol. The molecule has 0 spiro atoms. The SMILES string of the molecule is C[C@]1(CO)Cc2cc(NC(=O)c3cnn4cccnc34)c(OCC(F)F)cc2O1. The van der Waals surface area contributed by atoms with E-state index in [1.807, 2.05) is 0 Å². The smallest absolute Gasteiger partial charge is 0.272 e. The van der Waals surface area contributed by atoms with Crippen LogP contribution in [0, 0.1) is 0 Å². The maximum Gasteiger partial charge on any atom is 0.272 e. The van der Waals surface area contributed by atoms with E-state index in [-0.39, 0.29) is 23.6 Å². The van der Waals surface area contributed by atoms with Gasteiger partial charge in [-0.2, -0.15) is 5.10 Å². The second-order valence-corrected chi connectivity index (χ2v) is 6.95. The van der Waals surface area contributed by atoms with Gasteiger partial charge in [0.1, 0.15) is 29.3 Å². The number of hydrogen-bond acceptors (Lipinski definition) is 6. The van der Waals surface area contributed by atoms with Crippen molar-refractivity contribution in [3.05, 3.63) is 47.9 Å². The molecule has 0 unspecified atom stereocenters. The summed E-state index contributed by atoms with van der Waals surface area (Å²) >= 11 is 0. The summed E-state index contributed by atoms with van der Waals surface area (Å²) in [4.78, 5) is 16.9. The molecular formula is C19H18F2N4O4. The van der Waals surface area contributed by atoms with Crippen molar-refractivity contribution in [3.63, 3.8) is 0 Å². The molecule has 4 rings (SSSR count). The van der Waals surface area contributed by atoms with E-state index in [1.54, 1.807) is 25.3 Å². The van der Waals surface area contributed by atoms with Crippen LogP contribution in [0.15, 0.2) is 36.8 Å². The number of nitrogens with zero attached hydrogens (tertiary/aromatic N) is 3. The molecule has 1 aromatic carbocycles. The van der Waals surface area contributed by atoms with Gasteiger partial charge < -0.3 is 19.9 Å². The maximum atomic E-state index is 12.8. The van der Waals surface area contributed by atoms with Gasteiger partial charge in [0.25, 0.3) is 12.3 Å². The molecule has 29 heavy (non-hydrogen) atoms. The Morgan fingerprint density at radius 1 is 1.48 bits per heavy atom. The molecule has 3 heterocycles. The van der Waals surface area contributed by atoms with E-state index < -0.39 is 24.5 Å². The summed E-state index contributed by atoms with van der Waals surface area (Å²) in [6.45, 7) is 0.678. The van der Waals surface area contributed by atoms with Crippen LogP contribution in [-0.2, 0) is 6.42 Å². The number of aliphatic hydroxyl groups excluding tert-OH is 1. The van der Waals surface area contributed by atoms with Gasteiger partial charge in [0.2, 0.25) is 0 Å². The molecule has 1 atom stereocenters. The number of nitrogens with one attached hydrogen (secondary N) is 1. The molecule has 1 aliphatic heterocycles. The summed E-state index contributed by atoms with van der Waals surface area (Å²) in [5.74, 6) is -0.0464. The van der Waals surface area contributed by atoms with Crippen LogP contribution in [-0.4, -0.2) is 50.9 Å². The van der Waals surface area contributed by atoms with Crippen LogP contribution in [0.4, 0.5) is 14.5 Å². The molecule has 0 radical (unpaired) electrons. The first-order valence-corrected chi connectivity index (χ1v) is 8.86. The summed E-state index contributed by atoms with van der Waals surface area (Å²) in [7, 11) is 0. The van der Waals surface area contributed by atoms with Gasteiger partial charge in [0.05, 0.1) is 18.5 Å². The van der Waals surface area contributed by atoms with E-state index >= 15 is 0 Å². The quantitative estimate of drug-likeness (QED) is 0.654. The van der Waals surface area contributed by atoms with Gasteiger partial charge in [-0.25, -0.2) is 18.3 Å². The molecule has 0 bridgehead atoms. The fraction of sp³-hybridized carbons (Fsp3) is 0.316. The summed E-state index contributed by atoms with van der Waals surface area (Å²) < 4.78 is 37.7. The molecule has 0 saturated heterocycles. The number of anilines is 1. The number of aromatic nitrogens is 3. The Morgan fingerprint density at radius 3 is 3.07 bits per heavy atom. The lowest BCUT2D eigenvalue weighted by Crippen LogP contribution is -2.34. The van der Waals surface area contributed by atoms with Crippen molar-refractivity contribution in [1.29, 1.82) is 0 Å². The third kappa shape index (κ3) is 3.70. The van der Waals surface area contributed by atoms with Crippen LogP contribution in [0.25, 0.3) is 5.65 Å². The van der Waals surface area contributed by atoms with Crippen molar-refractivity contribution in [2.24, 2.45) is 0 Å². The van der Waals surface area contributed by atoms with Gasteiger partial charge in [-0.3, -0.25) is 4.79 Å². The first-order valence-electron chi connectivity index (χ1n) is 8.86. The number of alkyl halides is 2.